The van der Waals surface area contributed by atoms with Crippen LogP contribution in [-0.2, 0) is 7.05 Å². The fraction of sp³-hybridized carbons (Fsp3) is 0.0625. The Morgan fingerprint density at radius 3 is 2.76 bits per heavy atom. The van der Waals surface area contributed by atoms with Crippen molar-refractivity contribution in [3.05, 3.63) is 64.3 Å². The maximum Gasteiger partial charge on any atom is 0.255 e. The predicted molar refractivity (Wildman–Crippen MR) is 87.3 cm³/mol. The second-order valence-corrected chi connectivity index (χ2v) is 5.54. The number of rotatable bonds is 2. The molecule has 0 aliphatic heterocycles. The first kappa shape index (κ1) is 14.0. The Kier molecular flexibility index (Phi) is 3.62. The molecule has 0 fully saturated rings. The van der Waals surface area contributed by atoms with Crippen LogP contribution in [0.15, 0.2) is 48.7 Å². The van der Waals surface area contributed by atoms with Gasteiger partial charge in [0.25, 0.3) is 5.91 Å². The van der Waals surface area contributed by atoms with Gasteiger partial charge >= 0.3 is 0 Å². The van der Waals surface area contributed by atoms with Gasteiger partial charge in [0, 0.05) is 24.3 Å². The van der Waals surface area contributed by atoms with Gasteiger partial charge in [-0.25, -0.2) is 0 Å². The van der Waals surface area contributed by atoms with Crippen LogP contribution >= 0.6 is 23.2 Å². The van der Waals surface area contributed by atoms with E-state index >= 15 is 0 Å². The van der Waals surface area contributed by atoms with Gasteiger partial charge in [-0.05, 0) is 35.7 Å². The smallest absolute Gasteiger partial charge is 0.255 e. The van der Waals surface area contributed by atoms with Crippen molar-refractivity contribution in [1.82, 2.24) is 4.57 Å². The standard InChI is InChI=1S/C16H12Cl2N2O/c1-20-8-7-10-5-6-11(9-14(10)20)16(21)19-13-4-2-3-12(17)15(13)18/h2-9H,1H3,(H,19,21). The Morgan fingerprint density at radius 2 is 1.95 bits per heavy atom. The molecule has 21 heavy (non-hydrogen) atoms. The largest absolute Gasteiger partial charge is 0.351 e. The van der Waals surface area contributed by atoms with Gasteiger partial charge in [0.05, 0.1) is 15.7 Å². The van der Waals surface area contributed by atoms with Crippen LogP contribution in [0.4, 0.5) is 5.69 Å². The van der Waals surface area contributed by atoms with Crippen molar-refractivity contribution < 1.29 is 4.79 Å². The number of carbonyl (C=O) groups is 1. The molecular weight excluding hydrogens is 307 g/mol. The molecule has 1 amide bonds. The summed E-state index contributed by atoms with van der Waals surface area (Å²) in [5.41, 5.74) is 2.07. The summed E-state index contributed by atoms with van der Waals surface area (Å²) in [4.78, 5) is 12.3. The molecular formula is C16H12Cl2N2O. The average Bonchev–Trinajstić information content (AvgIpc) is 2.85. The number of amides is 1. The highest BCUT2D eigenvalue weighted by Crippen LogP contribution is 2.30. The van der Waals surface area contributed by atoms with Crippen LogP contribution in [0, 0.1) is 0 Å². The summed E-state index contributed by atoms with van der Waals surface area (Å²) in [5.74, 6) is -0.220. The predicted octanol–water partition coefficient (Wildman–Crippen LogP) is 4.74. The maximum atomic E-state index is 12.3. The topological polar surface area (TPSA) is 34.0 Å². The second-order valence-electron chi connectivity index (χ2n) is 4.76. The number of aryl methyl sites for hydroxylation is 1. The van der Waals surface area contributed by atoms with Crippen molar-refractivity contribution in [2.45, 2.75) is 0 Å². The van der Waals surface area contributed by atoms with Crippen LogP contribution in [0.3, 0.4) is 0 Å². The van der Waals surface area contributed by atoms with E-state index in [0.29, 0.717) is 21.3 Å². The summed E-state index contributed by atoms with van der Waals surface area (Å²) < 4.78 is 1.97. The number of aromatic nitrogens is 1. The van der Waals surface area contributed by atoms with Gasteiger partial charge in [0.15, 0.2) is 0 Å². The van der Waals surface area contributed by atoms with Crippen LogP contribution in [-0.4, -0.2) is 10.5 Å². The zero-order valence-corrected chi connectivity index (χ0v) is 12.7. The fourth-order valence-electron chi connectivity index (χ4n) is 2.20. The third kappa shape index (κ3) is 2.62. The maximum absolute atomic E-state index is 12.3. The van der Waals surface area contributed by atoms with Crippen molar-refractivity contribution in [3.8, 4) is 0 Å². The van der Waals surface area contributed by atoms with Crippen molar-refractivity contribution in [2.24, 2.45) is 7.05 Å². The Bertz CT molecular complexity index is 839. The Morgan fingerprint density at radius 1 is 1.14 bits per heavy atom. The summed E-state index contributed by atoms with van der Waals surface area (Å²) in [6.45, 7) is 0. The van der Waals surface area contributed by atoms with E-state index in [2.05, 4.69) is 5.32 Å². The van der Waals surface area contributed by atoms with E-state index in [4.69, 9.17) is 23.2 Å². The molecule has 1 heterocycles. The van der Waals surface area contributed by atoms with E-state index in [-0.39, 0.29) is 5.91 Å². The number of carbonyl (C=O) groups excluding carboxylic acids is 1. The first-order valence-electron chi connectivity index (χ1n) is 6.37. The van der Waals surface area contributed by atoms with Gasteiger partial charge in [-0.3, -0.25) is 4.79 Å². The lowest BCUT2D eigenvalue weighted by molar-refractivity contribution is 0.102. The van der Waals surface area contributed by atoms with Crippen LogP contribution < -0.4 is 5.32 Å². The summed E-state index contributed by atoms with van der Waals surface area (Å²) in [7, 11) is 1.94. The van der Waals surface area contributed by atoms with E-state index in [0.717, 1.165) is 10.9 Å². The Hall–Kier alpha value is -1.97. The van der Waals surface area contributed by atoms with Crippen LogP contribution in [0.2, 0.25) is 10.0 Å². The van der Waals surface area contributed by atoms with Gasteiger partial charge in [0.1, 0.15) is 0 Å². The first-order valence-corrected chi connectivity index (χ1v) is 7.12. The molecule has 1 N–H and O–H groups in total. The number of anilines is 1. The third-order valence-corrected chi connectivity index (χ3v) is 4.17. The molecule has 3 nitrogen and oxygen atoms in total. The van der Waals surface area contributed by atoms with E-state index < -0.39 is 0 Å². The minimum Gasteiger partial charge on any atom is -0.351 e. The monoisotopic (exact) mass is 318 g/mol. The summed E-state index contributed by atoms with van der Waals surface area (Å²) >= 11 is 12.0. The van der Waals surface area contributed by atoms with Gasteiger partial charge < -0.3 is 9.88 Å². The molecule has 0 bridgehead atoms. The van der Waals surface area contributed by atoms with E-state index in [9.17, 15) is 4.79 Å². The molecule has 0 saturated heterocycles. The molecule has 1 aromatic heterocycles. The zero-order chi connectivity index (χ0) is 15.0. The fourth-order valence-corrected chi connectivity index (χ4v) is 2.55. The average molecular weight is 319 g/mol. The molecule has 0 unspecified atom stereocenters. The quantitative estimate of drug-likeness (QED) is 0.727. The molecule has 5 heteroatoms. The van der Waals surface area contributed by atoms with E-state index in [1.807, 2.05) is 36.0 Å². The van der Waals surface area contributed by atoms with E-state index in [1.54, 1.807) is 24.3 Å². The first-order chi connectivity index (χ1) is 10.1. The number of hydrogen-bond acceptors (Lipinski definition) is 1. The highest BCUT2D eigenvalue weighted by atomic mass is 35.5. The molecule has 0 atom stereocenters. The lowest BCUT2D eigenvalue weighted by Crippen LogP contribution is -2.12. The molecule has 0 aliphatic carbocycles. The highest BCUT2D eigenvalue weighted by molar-refractivity contribution is 6.44. The number of benzene rings is 2. The Labute approximate surface area is 132 Å². The molecule has 0 radical (unpaired) electrons. The molecule has 3 rings (SSSR count). The number of fused-ring (bicyclic) bond motifs is 1. The van der Waals surface area contributed by atoms with Crippen LogP contribution in [0.5, 0.6) is 0 Å². The normalized spacial score (nSPS) is 10.8. The van der Waals surface area contributed by atoms with Crippen molar-refractivity contribution in [2.75, 3.05) is 5.32 Å². The SMILES string of the molecule is Cn1ccc2ccc(C(=O)Nc3cccc(Cl)c3Cl)cc21. The van der Waals surface area contributed by atoms with Gasteiger partial charge in [0.2, 0.25) is 0 Å². The number of halogens is 2. The molecule has 0 aliphatic rings. The number of nitrogens with one attached hydrogen (secondary N) is 1. The minimum atomic E-state index is -0.220. The summed E-state index contributed by atoms with van der Waals surface area (Å²) in [6, 6.07) is 12.7. The molecule has 3 aromatic rings. The lowest BCUT2D eigenvalue weighted by atomic mass is 10.1. The molecule has 2 aromatic carbocycles. The van der Waals surface area contributed by atoms with Gasteiger partial charge in [-0.15, -0.1) is 0 Å². The highest BCUT2D eigenvalue weighted by Gasteiger charge is 2.11. The molecule has 106 valence electrons. The summed E-state index contributed by atoms with van der Waals surface area (Å²) in [5, 5.41) is 4.62. The number of hydrogen-bond donors (Lipinski definition) is 1. The van der Waals surface area contributed by atoms with Gasteiger partial charge in [-0.1, -0.05) is 35.3 Å². The summed E-state index contributed by atoms with van der Waals surface area (Å²) in [6.07, 6.45) is 1.96. The molecule has 0 saturated carbocycles. The minimum absolute atomic E-state index is 0.220. The lowest BCUT2D eigenvalue weighted by Gasteiger charge is -2.08. The van der Waals surface area contributed by atoms with Crippen molar-refractivity contribution in [1.29, 1.82) is 0 Å². The zero-order valence-electron chi connectivity index (χ0n) is 11.2. The van der Waals surface area contributed by atoms with Crippen molar-refractivity contribution in [3.63, 3.8) is 0 Å². The Balaban J connectivity index is 1.93. The second kappa shape index (κ2) is 5.43. The van der Waals surface area contributed by atoms with E-state index in [1.165, 1.54) is 0 Å². The van der Waals surface area contributed by atoms with Crippen LogP contribution in [0.25, 0.3) is 10.9 Å². The van der Waals surface area contributed by atoms with Crippen molar-refractivity contribution >= 4 is 45.7 Å². The molecule has 0 spiro atoms. The van der Waals surface area contributed by atoms with Crippen LogP contribution in [0.1, 0.15) is 10.4 Å². The van der Waals surface area contributed by atoms with Gasteiger partial charge in [-0.2, -0.15) is 0 Å². The number of nitrogens with zero attached hydrogens (tertiary/aromatic N) is 1. The third-order valence-electron chi connectivity index (χ3n) is 3.35.